The van der Waals surface area contributed by atoms with Gasteiger partial charge in [-0.15, -0.1) is 0 Å². The first kappa shape index (κ1) is 23.8. The lowest BCUT2D eigenvalue weighted by molar-refractivity contribution is -0.127. The first-order valence-electron chi connectivity index (χ1n) is 12.4. The van der Waals surface area contributed by atoms with Crippen molar-refractivity contribution < 1.29 is 14.4 Å². The minimum atomic E-state index is -0.603. The topological polar surface area (TPSA) is 90.5 Å². The fourth-order valence-electron chi connectivity index (χ4n) is 4.76. The molecular weight excluding hydrogens is 428 g/mol. The Morgan fingerprint density at radius 3 is 2.71 bits per heavy atom. The van der Waals surface area contributed by atoms with Gasteiger partial charge >= 0.3 is 0 Å². The summed E-state index contributed by atoms with van der Waals surface area (Å²) in [5.41, 5.74) is 3.79. The Kier molecular flexibility index (Phi) is 7.83. The van der Waals surface area contributed by atoms with E-state index in [1.165, 1.54) is 12.8 Å². The maximum Gasteiger partial charge on any atom is 0.246 e. The van der Waals surface area contributed by atoms with Crippen LogP contribution in [-0.2, 0) is 20.8 Å². The van der Waals surface area contributed by atoms with Crippen molar-refractivity contribution in [1.29, 1.82) is 0 Å². The SMILES string of the molecule is CCCC(NC(=O)CCC1Cc2ccccc2NC1=O)C(=O)Nc1cccc(N2CCCC2)c1. The molecule has 7 nitrogen and oxygen atoms in total. The molecule has 2 aliphatic rings. The van der Waals surface area contributed by atoms with E-state index in [-0.39, 0.29) is 30.1 Å². The van der Waals surface area contributed by atoms with Crippen molar-refractivity contribution in [3.63, 3.8) is 0 Å². The fraction of sp³-hybridized carbons (Fsp3) is 0.444. The number of carbonyl (C=O) groups is 3. The van der Waals surface area contributed by atoms with E-state index in [4.69, 9.17) is 0 Å². The molecule has 7 heteroatoms. The standard InChI is InChI=1S/C27H34N4O3/c1-2-8-24(27(34)28-21-10-7-11-22(18-21)31-15-5-6-16-31)29-25(32)14-13-20-17-19-9-3-4-12-23(19)30-26(20)33/h3-4,7,9-12,18,20,24H,2,5-6,8,13-17H2,1H3,(H,28,34)(H,29,32)(H,30,33). The highest BCUT2D eigenvalue weighted by Gasteiger charge is 2.27. The predicted octanol–water partition coefficient (Wildman–Crippen LogP) is 4.10. The Labute approximate surface area is 201 Å². The van der Waals surface area contributed by atoms with Gasteiger partial charge in [0.15, 0.2) is 0 Å². The Morgan fingerprint density at radius 1 is 1.12 bits per heavy atom. The molecule has 0 aromatic heterocycles. The fourth-order valence-corrected chi connectivity index (χ4v) is 4.76. The van der Waals surface area contributed by atoms with E-state index in [9.17, 15) is 14.4 Å². The van der Waals surface area contributed by atoms with Crippen LogP contribution >= 0.6 is 0 Å². The maximum atomic E-state index is 13.0. The van der Waals surface area contributed by atoms with Crippen molar-refractivity contribution in [3.05, 3.63) is 54.1 Å². The van der Waals surface area contributed by atoms with E-state index in [0.717, 1.165) is 42.1 Å². The molecule has 2 atom stereocenters. The molecule has 0 spiro atoms. The lowest BCUT2D eigenvalue weighted by atomic mass is 9.89. The van der Waals surface area contributed by atoms with Crippen LogP contribution in [-0.4, -0.2) is 36.9 Å². The zero-order valence-electron chi connectivity index (χ0n) is 19.8. The van der Waals surface area contributed by atoms with Crippen LogP contribution in [0.2, 0.25) is 0 Å². The van der Waals surface area contributed by atoms with Gasteiger partial charge in [0.1, 0.15) is 6.04 Å². The van der Waals surface area contributed by atoms with Crippen LogP contribution in [0.4, 0.5) is 17.1 Å². The molecule has 2 aromatic rings. The molecule has 2 aromatic carbocycles. The van der Waals surface area contributed by atoms with Crippen LogP contribution in [0, 0.1) is 5.92 Å². The molecule has 0 radical (unpaired) electrons. The first-order chi connectivity index (χ1) is 16.5. The van der Waals surface area contributed by atoms with Gasteiger partial charge in [-0.2, -0.15) is 0 Å². The normalized spacial score (nSPS) is 18.1. The predicted molar refractivity (Wildman–Crippen MR) is 135 cm³/mol. The van der Waals surface area contributed by atoms with E-state index in [0.29, 0.717) is 19.3 Å². The number of hydrogen-bond donors (Lipinski definition) is 3. The summed E-state index contributed by atoms with van der Waals surface area (Å²) in [5.74, 6) is -0.705. The van der Waals surface area contributed by atoms with Crippen molar-refractivity contribution in [2.75, 3.05) is 28.6 Å². The van der Waals surface area contributed by atoms with Crippen LogP contribution in [0.3, 0.4) is 0 Å². The smallest absolute Gasteiger partial charge is 0.246 e. The summed E-state index contributed by atoms with van der Waals surface area (Å²) < 4.78 is 0. The molecule has 34 heavy (non-hydrogen) atoms. The number of nitrogens with zero attached hydrogens (tertiary/aromatic N) is 1. The number of para-hydroxylation sites is 1. The number of anilines is 3. The van der Waals surface area contributed by atoms with Crippen LogP contribution < -0.4 is 20.9 Å². The zero-order valence-corrected chi connectivity index (χ0v) is 19.8. The molecular formula is C27H34N4O3. The van der Waals surface area contributed by atoms with Crippen LogP contribution in [0.15, 0.2) is 48.5 Å². The zero-order chi connectivity index (χ0) is 23.9. The third-order valence-electron chi connectivity index (χ3n) is 6.65. The average molecular weight is 463 g/mol. The van der Waals surface area contributed by atoms with Gasteiger partial charge < -0.3 is 20.9 Å². The number of benzene rings is 2. The largest absolute Gasteiger partial charge is 0.371 e. The second-order valence-corrected chi connectivity index (χ2v) is 9.23. The summed E-state index contributed by atoms with van der Waals surface area (Å²) in [4.78, 5) is 40.4. The van der Waals surface area contributed by atoms with E-state index < -0.39 is 6.04 Å². The molecule has 4 rings (SSSR count). The Bertz CT molecular complexity index is 1030. The third kappa shape index (κ3) is 5.95. The van der Waals surface area contributed by atoms with Gasteiger partial charge in [-0.3, -0.25) is 14.4 Å². The minimum absolute atomic E-state index is 0.0489. The number of amides is 3. The molecule has 2 heterocycles. The van der Waals surface area contributed by atoms with E-state index in [2.05, 4.69) is 26.9 Å². The van der Waals surface area contributed by atoms with Gasteiger partial charge in [0.05, 0.1) is 0 Å². The van der Waals surface area contributed by atoms with Crippen molar-refractivity contribution >= 4 is 34.8 Å². The highest BCUT2D eigenvalue weighted by Crippen LogP contribution is 2.27. The number of hydrogen-bond acceptors (Lipinski definition) is 4. The second-order valence-electron chi connectivity index (χ2n) is 9.23. The molecule has 0 saturated carbocycles. The second kappa shape index (κ2) is 11.2. The minimum Gasteiger partial charge on any atom is -0.371 e. The molecule has 2 unspecified atom stereocenters. The van der Waals surface area contributed by atoms with Gasteiger partial charge in [0.25, 0.3) is 0 Å². The third-order valence-corrected chi connectivity index (χ3v) is 6.65. The molecule has 0 aliphatic carbocycles. The van der Waals surface area contributed by atoms with Crippen LogP contribution in [0.5, 0.6) is 0 Å². The summed E-state index contributed by atoms with van der Waals surface area (Å²) in [5, 5.41) is 8.79. The lowest BCUT2D eigenvalue weighted by Crippen LogP contribution is -2.44. The van der Waals surface area contributed by atoms with Crippen molar-refractivity contribution in [2.24, 2.45) is 5.92 Å². The maximum absolute atomic E-state index is 13.0. The molecule has 2 aliphatic heterocycles. The Balaban J connectivity index is 1.31. The molecule has 0 bridgehead atoms. The number of fused-ring (bicyclic) bond motifs is 1. The summed E-state index contributed by atoms with van der Waals surface area (Å²) in [6, 6.07) is 15.0. The molecule has 1 fully saturated rings. The molecule has 3 N–H and O–H groups in total. The van der Waals surface area contributed by atoms with Crippen molar-refractivity contribution in [1.82, 2.24) is 5.32 Å². The molecule has 1 saturated heterocycles. The summed E-state index contributed by atoms with van der Waals surface area (Å²) >= 11 is 0. The first-order valence-corrected chi connectivity index (χ1v) is 12.4. The number of nitrogens with one attached hydrogen (secondary N) is 3. The summed E-state index contributed by atoms with van der Waals surface area (Å²) in [6.07, 6.45) is 4.99. The molecule has 3 amide bonds. The van der Waals surface area contributed by atoms with Gasteiger partial charge in [-0.05, 0) is 61.9 Å². The quantitative estimate of drug-likeness (QED) is 0.523. The Morgan fingerprint density at radius 2 is 1.91 bits per heavy atom. The van der Waals surface area contributed by atoms with Gasteiger partial charge in [0.2, 0.25) is 17.7 Å². The van der Waals surface area contributed by atoms with E-state index >= 15 is 0 Å². The van der Waals surface area contributed by atoms with Gasteiger partial charge in [-0.1, -0.05) is 37.6 Å². The lowest BCUT2D eigenvalue weighted by Gasteiger charge is -2.25. The highest BCUT2D eigenvalue weighted by molar-refractivity contribution is 5.98. The summed E-state index contributed by atoms with van der Waals surface area (Å²) in [7, 11) is 0. The Hall–Kier alpha value is -3.35. The monoisotopic (exact) mass is 462 g/mol. The van der Waals surface area contributed by atoms with Crippen molar-refractivity contribution in [2.45, 2.75) is 57.9 Å². The van der Waals surface area contributed by atoms with Gasteiger partial charge in [-0.25, -0.2) is 0 Å². The van der Waals surface area contributed by atoms with Crippen LogP contribution in [0.1, 0.15) is 51.0 Å². The van der Waals surface area contributed by atoms with E-state index in [1.807, 2.05) is 49.4 Å². The number of rotatable bonds is 9. The molecule has 180 valence electrons. The number of carbonyl (C=O) groups excluding carboxylic acids is 3. The summed E-state index contributed by atoms with van der Waals surface area (Å²) in [6.45, 7) is 4.07. The van der Waals surface area contributed by atoms with Gasteiger partial charge in [0, 0.05) is 42.5 Å². The van der Waals surface area contributed by atoms with Crippen LogP contribution in [0.25, 0.3) is 0 Å². The van der Waals surface area contributed by atoms with Crippen molar-refractivity contribution in [3.8, 4) is 0 Å². The van der Waals surface area contributed by atoms with E-state index in [1.54, 1.807) is 0 Å². The average Bonchev–Trinajstić information content (AvgIpc) is 3.38. The highest BCUT2D eigenvalue weighted by atomic mass is 16.2.